The first-order valence-electron chi connectivity index (χ1n) is 8.05. The van der Waals surface area contributed by atoms with Crippen LogP contribution in [0.4, 0.5) is 0 Å². The molecular formula is C19H19ClN2O. The van der Waals surface area contributed by atoms with E-state index in [-0.39, 0.29) is 11.9 Å². The first-order chi connectivity index (χ1) is 11.2. The van der Waals surface area contributed by atoms with Gasteiger partial charge in [-0.25, -0.2) is 0 Å². The molecule has 23 heavy (non-hydrogen) atoms. The fourth-order valence-electron chi connectivity index (χ4n) is 3.65. The van der Waals surface area contributed by atoms with Gasteiger partial charge in [-0.3, -0.25) is 4.79 Å². The van der Waals surface area contributed by atoms with Gasteiger partial charge >= 0.3 is 0 Å². The fraction of sp³-hybridized carbons (Fsp3) is 0.316. The quantitative estimate of drug-likeness (QED) is 0.918. The van der Waals surface area contributed by atoms with Crippen LogP contribution in [0.5, 0.6) is 0 Å². The lowest BCUT2D eigenvalue weighted by atomic mass is 9.96. The molecule has 3 nitrogen and oxygen atoms in total. The van der Waals surface area contributed by atoms with Crippen LogP contribution in [0, 0.1) is 0 Å². The van der Waals surface area contributed by atoms with Gasteiger partial charge in [-0.2, -0.15) is 0 Å². The molecule has 2 atom stereocenters. The molecule has 1 N–H and O–H groups in total. The summed E-state index contributed by atoms with van der Waals surface area (Å²) >= 11 is 6.08. The van der Waals surface area contributed by atoms with Crippen LogP contribution in [0.2, 0.25) is 5.02 Å². The second-order valence-electron chi connectivity index (χ2n) is 6.41. The Balaban J connectivity index is 1.43. The molecule has 1 saturated heterocycles. The molecule has 1 amide bonds. The normalized spacial score (nSPS) is 23.1. The van der Waals surface area contributed by atoms with Crippen LogP contribution in [0.15, 0.2) is 48.5 Å². The number of carbonyl (C=O) groups is 1. The lowest BCUT2D eigenvalue weighted by Gasteiger charge is -2.20. The lowest BCUT2D eigenvalue weighted by Crippen LogP contribution is -2.40. The molecule has 2 heterocycles. The van der Waals surface area contributed by atoms with Gasteiger partial charge in [0.2, 0.25) is 5.91 Å². The monoisotopic (exact) mass is 326 g/mol. The fourth-order valence-corrected chi connectivity index (χ4v) is 3.85. The Bertz CT molecular complexity index is 721. The number of nitrogens with zero attached hydrogens (tertiary/aromatic N) is 1. The van der Waals surface area contributed by atoms with Crippen LogP contribution in [0.1, 0.15) is 29.0 Å². The number of nitrogens with one attached hydrogen (secondary N) is 1. The summed E-state index contributed by atoms with van der Waals surface area (Å²) < 4.78 is 0. The number of halogens is 1. The summed E-state index contributed by atoms with van der Waals surface area (Å²) in [7, 11) is 0. The highest BCUT2D eigenvalue weighted by Crippen LogP contribution is 2.30. The van der Waals surface area contributed by atoms with Gasteiger partial charge in [-0.05, 0) is 41.2 Å². The zero-order valence-corrected chi connectivity index (χ0v) is 13.6. The van der Waals surface area contributed by atoms with E-state index in [1.165, 1.54) is 16.7 Å². The molecule has 4 rings (SSSR count). The smallest absolute Gasteiger partial charge is 0.240 e. The first kappa shape index (κ1) is 14.7. The minimum atomic E-state index is -0.0895. The number of fused-ring (bicyclic) bond motifs is 1. The zero-order valence-electron chi connectivity index (χ0n) is 12.8. The van der Waals surface area contributed by atoms with Crippen molar-refractivity contribution < 1.29 is 4.79 Å². The van der Waals surface area contributed by atoms with Gasteiger partial charge in [0.1, 0.15) is 0 Å². The molecule has 1 fully saturated rings. The maximum Gasteiger partial charge on any atom is 0.240 e. The Kier molecular flexibility index (Phi) is 3.83. The van der Waals surface area contributed by atoms with E-state index in [2.05, 4.69) is 23.5 Å². The molecule has 0 spiro atoms. The zero-order chi connectivity index (χ0) is 15.8. The predicted octanol–water partition coefficient (Wildman–Crippen LogP) is 3.33. The SMILES string of the molecule is O=C([C@H]1C[C@@H](c2cccc(Cl)c2)CN1)N1Cc2ccccc2C1. The van der Waals surface area contributed by atoms with Gasteiger partial charge in [-0.1, -0.05) is 48.0 Å². The summed E-state index contributed by atoms with van der Waals surface area (Å²) in [6.45, 7) is 2.29. The van der Waals surface area contributed by atoms with Crippen molar-refractivity contribution in [1.82, 2.24) is 10.2 Å². The molecule has 118 valence electrons. The highest BCUT2D eigenvalue weighted by atomic mass is 35.5. The van der Waals surface area contributed by atoms with E-state index in [1.807, 2.05) is 35.2 Å². The number of hydrogen-bond donors (Lipinski definition) is 1. The molecule has 0 bridgehead atoms. The Morgan fingerprint density at radius 3 is 2.52 bits per heavy atom. The molecule has 0 aliphatic carbocycles. The van der Waals surface area contributed by atoms with E-state index >= 15 is 0 Å². The Labute approximate surface area is 141 Å². The van der Waals surface area contributed by atoms with Crippen LogP contribution in [0.25, 0.3) is 0 Å². The summed E-state index contributed by atoms with van der Waals surface area (Å²) in [4.78, 5) is 14.8. The van der Waals surface area contributed by atoms with E-state index in [9.17, 15) is 4.79 Å². The first-order valence-corrected chi connectivity index (χ1v) is 8.43. The molecule has 0 aromatic heterocycles. The van der Waals surface area contributed by atoms with Gasteiger partial charge in [0.05, 0.1) is 6.04 Å². The number of hydrogen-bond acceptors (Lipinski definition) is 2. The van der Waals surface area contributed by atoms with E-state index in [1.54, 1.807) is 0 Å². The van der Waals surface area contributed by atoms with Crippen LogP contribution in [0.3, 0.4) is 0 Å². The molecule has 4 heteroatoms. The number of carbonyl (C=O) groups excluding carboxylic acids is 1. The maximum atomic E-state index is 12.8. The predicted molar refractivity (Wildman–Crippen MR) is 91.3 cm³/mol. The van der Waals surface area contributed by atoms with Crippen LogP contribution < -0.4 is 5.32 Å². The van der Waals surface area contributed by atoms with Crippen LogP contribution in [-0.2, 0) is 17.9 Å². The highest BCUT2D eigenvalue weighted by molar-refractivity contribution is 6.30. The van der Waals surface area contributed by atoms with Crippen LogP contribution in [-0.4, -0.2) is 23.4 Å². The molecule has 2 aliphatic heterocycles. The number of benzene rings is 2. The van der Waals surface area contributed by atoms with Crippen molar-refractivity contribution in [2.45, 2.75) is 31.5 Å². The van der Waals surface area contributed by atoms with E-state index in [0.29, 0.717) is 5.92 Å². The molecule has 0 saturated carbocycles. The average molecular weight is 327 g/mol. The van der Waals surface area contributed by atoms with Crippen molar-refractivity contribution in [1.29, 1.82) is 0 Å². The molecule has 2 aliphatic rings. The molecule has 0 unspecified atom stereocenters. The lowest BCUT2D eigenvalue weighted by molar-refractivity contribution is -0.133. The summed E-state index contributed by atoms with van der Waals surface area (Å²) in [6.07, 6.45) is 0.839. The van der Waals surface area contributed by atoms with Gasteiger partial charge in [0.25, 0.3) is 0 Å². The van der Waals surface area contributed by atoms with Crippen molar-refractivity contribution in [2.24, 2.45) is 0 Å². The van der Waals surface area contributed by atoms with Crippen LogP contribution >= 0.6 is 11.6 Å². The average Bonchev–Trinajstić information content (AvgIpc) is 3.21. The third-order valence-electron chi connectivity index (χ3n) is 4.90. The number of rotatable bonds is 2. The topological polar surface area (TPSA) is 32.3 Å². The van der Waals surface area contributed by atoms with E-state index in [0.717, 1.165) is 31.1 Å². The maximum absolute atomic E-state index is 12.8. The minimum Gasteiger partial charge on any atom is -0.333 e. The second kappa shape index (κ2) is 5.99. The van der Waals surface area contributed by atoms with Gasteiger partial charge in [0.15, 0.2) is 0 Å². The van der Waals surface area contributed by atoms with E-state index in [4.69, 9.17) is 11.6 Å². The summed E-state index contributed by atoms with van der Waals surface area (Å²) in [5.41, 5.74) is 3.75. The van der Waals surface area contributed by atoms with Crippen molar-refractivity contribution >= 4 is 17.5 Å². The van der Waals surface area contributed by atoms with Gasteiger partial charge < -0.3 is 10.2 Å². The molecular weight excluding hydrogens is 308 g/mol. The second-order valence-corrected chi connectivity index (χ2v) is 6.85. The standard InChI is InChI=1S/C19H19ClN2O/c20-17-7-3-6-13(8-17)16-9-18(21-10-16)19(23)22-11-14-4-1-2-5-15(14)12-22/h1-8,16,18,21H,9-12H2/t16-,18-/m1/s1. The Morgan fingerprint density at radius 2 is 1.83 bits per heavy atom. The summed E-state index contributed by atoms with van der Waals surface area (Å²) in [5, 5.41) is 4.15. The summed E-state index contributed by atoms with van der Waals surface area (Å²) in [5.74, 6) is 0.568. The third kappa shape index (κ3) is 2.87. The largest absolute Gasteiger partial charge is 0.333 e. The Hall–Kier alpha value is -1.84. The summed E-state index contributed by atoms with van der Waals surface area (Å²) in [6, 6.07) is 16.2. The molecule has 0 radical (unpaired) electrons. The molecule has 2 aromatic carbocycles. The van der Waals surface area contributed by atoms with Gasteiger partial charge in [0, 0.05) is 24.7 Å². The van der Waals surface area contributed by atoms with Crippen molar-refractivity contribution in [3.63, 3.8) is 0 Å². The Morgan fingerprint density at radius 1 is 1.09 bits per heavy atom. The van der Waals surface area contributed by atoms with Crippen molar-refractivity contribution in [2.75, 3.05) is 6.54 Å². The highest BCUT2D eigenvalue weighted by Gasteiger charge is 2.34. The van der Waals surface area contributed by atoms with E-state index < -0.39 is 0 Å². The minimum absolute atomic E-state index is 0.0895. The number of amides is 1. The third-order valence-corrected chi connectivity index (χ3v) is 5.14. The molecule has 2 aromatic rings. The van der Waals surface area contributed by atoms with Crippen molar-refractivity contribution in [3.8, 4) is 0 Å². The van der Waals surface area contributed by atoms with Crippen molar-refractivity contribution in [3.05, 3.63) is 70.2 Å². The van der Waals surface area contributed by atoms with Gasteiger partial charge in [-0.15, -0.1) is 0 Å².